The van der Waals surface area contributed by atoms with Crippen LogP contribution in [0.3, 0.4) is 0 Å². The van der Waals surface area contributed by atoms with Gasteiger partial charge >= 0.3 is 0 Å². The number of amides is 1. The van der Waals surface area contributed by atoms with Gasteiger partial charge in [-0.05, 0) is 19.4 Å². The van der Waals surface area contributed by atoms with Crippen LogP contribution in [0.15, 0.2) is 42.7 Å². The lowest BCUT2D eigenvalue weighted by Gasteiger charge is -2.32. The summed E-state index contributed by atoms with van der Waals surface area (Å²) in [6, 6.07) is 10.2. The van der Waals surface area contributed by atoms with Crippen molar-refractivity contribution in [3.63, 3.8) is 0 Å². The highest BCUT2D eigenvalue weighted by atomic mass is 16.2. The van der Waals surface area contributed by atoms with Crippen LogP contribution in [-0.2, 0) is 13.1 Å². The number of hydrogen-bond acceptors (Lipinski definition) is 4. The average molecular weight is 336 g/mol. The quantitative estimate of drug-likeness (QED) is 0.734. The fourth-order valence-electron chi connectivity index (χ4n) is 3.40. The van der Waals surface area contributed by atoms with Gasteiger partial charge in [0.05, 0.1) is 30.9 Å². The summed E-state index contributed by atoms with van der Waals surface area (Å²) in [5.74, 6) is 1.71. The van der Waals surface area contributed by atoms with Gasteiger partial charge in [-0.25, -0.2) is 0 Å². The molecule has 0 bridgehead atoms. The highest BCUT2D eigenvalue weighted by molar-refractivity contribution is 5.93. The van der Waals surface area contributed by atoms with Gasteiger partial charge in [-0.15, -0.1) is 10.2 Å². The minimum atomic E-state index is -0.0157. The fourth-order valence-corrected chi connectivity index (χ4v) is 3.40. The normalized spacial score (nSPS) is 16.7. The van der Waals surface area contributed by atoms with Crippen LogP contribution in [-0.4, -0.2) is 41.9 Å². The number of hydrogen-bond donors (Lipinski definition) is 0. The molecule has 7 nitrogen and oxygen atoms in total. The summed E-state index contributed by atoms with van der Waals surface area (Å²) in [7, 11) is 0. The average Bonchev–Trinajstić information content (AvgIpc) is 3.22. The molecule has 1 aliphatic heterocycles. The van der Waals surface area contributed by atoms with E-state index in [1.807, 2.05) is 48.4 Å². The summed E-state index contributed by atoms with van der Waals surface area (Å²) in [6.45, 7) is 5.80. The third-order valence-corrected chi connectivity index (χ3v) is 4.55. The van der Waals surface area contributed by atoms with Gasteiger partial charge in [-0.2, -0.15) is 5.10 Å². The molecule has 0 fully saturated rings. The van der Waals surface area contributed by atoms with Crippen LogP contribution in [0, 0.1) is 6.92 Å². The number of carbonyl (C=O) groups is 1. The Morgan fingerprint density at radius 2 is 2.04 bits per heavy atom. The van der Waals surface area contributed by atoms with Crippen molar-refractivity contribution < 1.29 is 4.79 Å². The maximum Gasteiger partial charge on any atom is 0.257 e. The first-order valence-electron chi connectivity index (χ1n) is 8.38. The van der Waals surface area contributed by atoms with Crippen LogP contribution in [0.5, 0.6) is 0 Å². The summed E-state index contributed by atoms with van der Waals surface area (Å²) in [5, 5.41) is 12.6. The number of fused-ring (bicyclic) bond motifs is 1. The van der Waals surface area contributed by atoms with Gasteiger partial charge < -0.3 is 9.47 Å². The molecule has 4 rings (SSSR count). The van der Waals surface area contributed by atoms with Crippen molar-refractivity contribution in [3.8, 4) is 0 Å². The molecule has 3 aromatic rings. The summed E-state index contributed by atoms with van der Waals surface area (Å²) in [4.78, 5) is 14.7. The Morgan fingerprint density at radius 1 is 1.24 bits per heavy atom. The van der Waals surface area contributed by atoms with Gasteiger partial charge in [0, 0.05) is 12.7 Å². The Balaban J connectivity index is 1.50. The molecule has 0 radical (unpaired) electrons. The summed E-state index contributed by atoms with van der Waals surface area (Å²) in [6.07, 6.45) is 3.45. The second-order valence-corrected chi connectivity index (χ2v) is 6.48. The molecule has 1 aliphatic rings. The molecule has 128 valence electrons. The van der Waals surface area contributed by atoms with Crippen molar-refractivity contribution in [3.05, 3.63) is 65.5 Å². The molecule has 0 unspecified atom stereocenters. The van der Waals surface area contributed by atoms with Gasteiger partial charge in [0.2, 0.25) is 0 Å². The van der Waals surface area contributed by atoms with Gasteiger partial charge in [-0.1, -0.05) is 30.3 Å². The van der Waals surface area contributed by atoms with Gasteiger partial charge in [-0.3, -0.25) is 9.48 Å². The predicted molar refractivity (Wildman–Crippen MR) is 92.0 cm³/mol. The van der Waals surface area contributed by atoms with Gasteiger partial charge in [0.1, 0.15) is 5.82 Å². The topological polar surface area (TPSA) is 68.8 Å². The van der Waals surface area contributed by atoms with E-state index in [1.54, 1.807) is 10.9 Å². The summed E-state index contributed by atoms with van der Waals surface area (Å²) >= 11 is 0. The van der Waals surface area contributed by atoms with E-state index in [1.165, 1.54) is 0 Å². The molecular formula is C18H20N6O. The number of rotatable bonds is 3. The molecule has 1 atom stereocenters. The van der Waals surface area contributed by atoms with Crippen molar-refractivity contribution in [2.75, 3.05) is 6.54 Å². The van der Waals surface area contributed by atoms with Crippen LogP contribution >= 0.6 is 0 Å². The lowest BCUT2D eigenvalue weighted by atomic mass is 10.2. The predicted octanol–water partition coefficient (Wildman–Crippen LogP) is 2.05. The van der Waals surface area contributed by atoms with E-state index in [-0.39, 0.29) is 11.9 Å². The fraction of sp³-hybridized carbons (Fsp3) is 0.333. The highest BCUT2D eigenvalue weighted by Crippen LogP contribution is 2.22. The Kier molecular flexibility index (Phi) is 3.83. The standard InChI is InChI=1S/C18H20N6O/c1-13-9-22(12-17-21-20-14(2)24(13)17)18(25)16-8-19-23(11-16)10-15-6-4-3-5-7-15/h3-8,11,13H,9-10,12H2,1-2H3/t13-/m1/s1. The molecule has 0 saturated carbocycles. The molecule has 0 saturated heterocycles. The SMILES string of the molecule is Cc1nnc2n1[C@H](C)CN(C(=O)c1cnn(Cc3ccccc3)c1)C2. The minimum Gasteiger partial charge on any atom is -0.329 e. The second-order valence-electron chi connectivity index (χ2n) is 6.48. The molecule has 0 N–H and O–H groups in total. The molecule has 1 aromatic carbocycles. The maximum atomic E-state index is 12.8. The van der Waals surface area contributed by atoms with Crippen molar-refractivity contribution >= 4 is 5.91 Å². The first-order valence-corrected chi connectivity index (χ1v) is 8.38. The zero-order chi connectivity index (χ0) is 17.4. The molecule has 0 aliphatic carbocycles. The monoisotopic (exact) mass is 336 g/mol. The van der Waals surface area contributed by atoms with E-state index in [2.05, 4.69) is 26.8 Å². The maximum absolute atomic E-state index is 12.8. The Hall–Kier alpha value is -2.96. The molecule has 0 spiro atoms. The number of carbonyl (C=O) groups excluding carboxylic acids is 1. The second kappa shape index (κ2) is 6.16. The number of nitrogens with zero attached hydrogens (tertiary/aromatic N) is 6. The smallest absolute Gasteiger partial charge is 0.257 e. The first kappa shape index (κ1) is 15.6. The zero-order valence-corrected chi connectivity index (χ0v) is 14.3. The molecule has 3 heterocycles. The van der Waals surface area contributed by atoms with E-state index >= 15 is 0 Å². The Morgan fingerprint density at radius 3 is 2.84 bits per heavy atom. The zero-order valence-electron chi connectivity index (χ0n) is 14.3. The highest BCUT2D eigenvalue weighted by Gasteiger charge is 2.29. The lowest BCUT2D eigenvalue weighted by Crippen LogP contribution is -2.40. The van der Waals surface area contributed by atoms with Crippen molar-refractivity contribution in [1.29, 1.82) is 0 Å². The van der Waals surface area contributed by atoms with E-state index in [0.29, 0.717) is 25.2 Å². The molecular weight excluding hydrogens is 316 g/mol. The number of aromatic nitrogens is 5. The molecule has 1 amide bonds. The first-order chi connectivity index (χ1) is 12.1. The minimum absolute atomic E-state index is 0.0157. The molecule has 2 aromatic heterocycles. The number of benzene rings is 1. The van der Waals surface area contributed by atoms with Crippen LogP contribution in [0.4, 0.5) is 0 Å². The van der Waals surface area contributed by atoms with Crippen LogP contribution in [0.25, 0.3) is 0 Å². The van der Waals surface area contributed by atoms with Crippen molar-refractivity contribution in [2.24, 2.45) is 0 Å². The largest absolute Gasteiger partial charge is 0.329 e. The van der Waals surface area contributed by atoms with Gasteiger partial charge in [0.25, 0.3) is 5.91 Å². The van der Waals surface area contributed by atoms with Crippen molar-refractivity contribution in [2.45, 2.75) is 33.0 Å². The van der Waals surface area contributed by atoms with E-state index in [9.17, 15) is 4.79 Å². The lowest BCUT2D eigenvalue weighted by molar-refractivity contribution is 0.0680. The van der Waals surface area contributed by atoms with Gasteiger partial charge in [0.15, 0.2) is 5.82 Å². The van der Waals surface area contributed by atoms with Crippen molar-refractivity contribution in [1.82, 2.24) is 29.4 Å². The third kappa shape index (κ3) is 2.93. The van der Waals surface area contributed by atoms with Crippen LogP contribution < -0.4 is 0 Å². The number of aryl methyl sites for hydroxylation is 1. The Labute approximate surface area is 145 Å². The third-order valence-electron chi connectivity index (χ3n) is 4.55. The molecule has 25 heavy (non-hydrogen) atoms. The summed E-state index contributed by atoms with van der Waals surface area (Å²) in [5.41, 5.74) is 1.76. The summed E-state index contributed by atoms with van der Waals surface area (Å²) < 4.78 is 3.89. The Bertz CT molecular complexity index is 897. The van der Waals surface area contributed by atoms with E-state index in [0.717, 1.165) is 17.2 Å². The van der Waals surface area contributed by atoms with E-state index in [4.69, 9.17) is 0 Å². The van der Waals surface area contributed by atoms with E-state index < -0.39 is 0 Å². The van der Waals surface area contributed by atoms with Crippen LogP contribution in [0.1, 0.15) is 40.5 Å². The molecule has 7 heteroatoms. The van der Waals surface area contributed by atoms with Crippen LogP contribution in [0.2, 0.25) is 0 Å².